The number of aryl methyl sites for hydroxylation is 2. The molecule has 104 valence electrons. The van der Waals surface area contributed by atoms with Gasteiger partial charge in [-0.3, -0.25) is 0 Å². The van der Waals surface area contributed by atoms with Gasteiger partial charge in [-0.25, -0.2) is 4.98 Å². The molecule has 1 rings (SSSR count). The molecule has 1 N–H and O–H groups in total. The van der Waals surface area contributed by atoms with Gasteiger partial charge in [-0.1, -0.05) is 12.8 Å². The lowest BCUT2D eigenvalue weighted by atomic mass is 10.1. The highest BCUT2D eigenvalue weighted by Crippen LogP contribution is 2.08. The molecule has 0 atom stereocenters. The first kappa shape index (κ1) is 15.2. The molecular weight excluding hydrogens is 222 g/mol. The van der Waals surface area contributed by atoms with Gasteiger partial charge in [0.1, 0.15) is 0 Å². The summed E-state index contributed by atoms with van der Waals surface area (Å²) in [6, 6.07) is 0. The summed E-state index contributed by atoms with van der Waals surface area (Å²) < 4.78 is 2.27. The molecule has 0 bridgehead atoms. The van der Waals surface area contributed by atoms with Gasteiger partial charge >= 0.3 is 0 Å². The average molecular weight is 251 g/mol. The Kier molecular flexibility index (Phi) is 5.86. The number of aromatic nitrogens is 2. The van der Waals surface area contributed by atoms with Crippen molar-refractivity contribution in [3.8, 4) is 0 Å². The Morgan fingerprint density at radius 3 is 2.33 bits per heavy atom. The first-order valence-electron chi connectivity index (χ1n) is 7.13. The summed E-state index contributed by atoms with van der Waals surface area (Å²) in [6.45, 7) is 13.1. The highest BCUT2D eigenvalue weighted by molar-refractivity contribution is 5.08. The van der Waals surface area contributed by atoms with Crippen molar-refractivity contribution in [2.75, 3.05) is 6.54 Å². The number of nitrogens with zero attached hydrogens (tertiary/aromatic N) is 2. The van der Waals surface area contributed by atoms with Gasteiger partial charge in [0.25, 0.3) is 0 Å². The molecule has 0 aliphatic carbocycles. The molecule has 1 heterocycles. The molecular formula is C15H29N3. The fourth-order valence-corrected chi connectivity index (χ4v) is 1.99. The number of imidazole rings is 1. The van der Waals surface area contributed by atoms with Gasteiger partial charge in [-0.15, -0.1) is 0 Å². The van der Waals surface area contributed by atoms with Crippen molar-refractivity contribution in [2.45, 2.75) is 72.4 Å². The van der Waals surface area contributed by atoms with Crippen LogP contribution in [-0.4, -0.2) is 21.6 Å². The topological polar surface area (TPSA) is 29.9 Å². The van der Waals surface area contributed by atoms with E-state index in [0.717, 1.165) is 18.8 Å². The quantitative estimate of drug-likeness (QED) is 0.752. The molecule has 3 nitrogen and oxygen atoms in total. The minimum Gasteiger partial charge on any atom is -0.335 e. The van der Waals surface area contributed by atoms with Gasteiger partial charge in [0, 0.05) is 17.8 Å². The van der Waals surface area contributed by atoms with Gasteiger partial charge in [-0.05, 0) is 54.0 Å². The Morgan fingerprint density at radius 2 is 1.78 bits per heavy atom. The van der Waals surface area contributed by atoms with Gasteiger partial charge in [0.2, 0.25) is 0 Å². The van der Waals surface area contributed by atoms with Gasteiger partial charge in [-0.2, -0.15) is 0 Å². The molecule has 0 radical (unpaired) electrons. The van der Waals surface area contributed by atoms with E-state index in [9.17, 15) is 0 Å². The summed E-state index contributed by atoms with van der Waals surface area (Å²) in [5, 5.41) is 3.53. The van der Waals surface area contributed by atoms with Gasteiger partial charge < -0.3 is 9.88 Å². The standard InChI is InChI=1S/C15H29N3/c1-13-14(2)18(12-16-13)11-9-7-6-8-10-17-15(3,4)5/h12,17H,6-11H2,1-5H3. The number of hydrogen-bond acceptors (Lipinski definition) is 2. The summed E-state index contributed by atoms with van der Waals surface area (Å²) in [6.07, 6.45) is 7.12. The van der Waals surface area contributed by atoms with E-state index in [-0.39, 0.29) is 5.54 Å². The molecule has 0 fully saturated rings. The van der Waals surface area contributed by atoms with Crippen LogP contribution in [0.5, 0.6) is 0 Å². The molecule has 0 aliphatic heterocycles. The molecule has 3 heteroatoms. The summed E-state index contributed by atoms with van der Waals surface area (Å²) in [5.74, 6) is 0. The molecule has 0 aromatic carbocycles. The average Bonchev–Trinajstić information content (AvgIpc) is 2.58. The van der Waals surface area contributed by atoms with E-state index < -0.39 is 0 Å². The van der Waals surface area contributed by atoms with Crippen LogP contribution in [0.3, 0.4) is 0 Å². The smallest absolute Gasteiger partial charge is 0.0951 e. The Hall–Kier alpha value is -0.830. The third kappa shape index (κ3) is 5.67. The van der Waals surface area contributed by atoms with Crippen LogP contribution in [0, 0.1) is 13.8 Å². The summed E-state index contributed by atoms with van der Waals surface area (Å²) in [4.78, 5) is 4.32. The van der Waals surface area contributed by atoms with E-state index in [1.165, 1.54) is 31.4 Å². The zero-order valence-corrected chi connectivity index (χ0v) is 12.7. The van der Waals surface area contributed by atoms with Crippen LogP contribution >= 0.6 is 0 Å². The van der Waals surface area contributed by atoms with Crippen molar-refractivity contribution < 1.29 is 0 Å². The normalized spacial score (nSPS) is 12.1. The molecule has 0 saturated heterocycles. The van der Waals surface area contributed by atoms with E-state index in [1.54, 1.807) is 0 Å². The summed E-state index contributed by atoms with van der Waals surface area (Å²) in [7, 11) is 0. The molecule has 1 aromatic heterocycles. The summed E-state index contributed by atoms with van der Waals surface area (Å²) in [5.41, 5.74) is 2.72. The van der Waals surface area contributed by atoms with Crippen LogP contribution in [0.4, 0.5) is 0 Å². The Labute approximate surface area is 112 Å². The van der Waals surface area contributed by atoms with Crippen molar-refractivity contribution in [1.29, 1.82) is 0 Å². The second-order valence-corrected chi connectivity index (χ2v) is 6.20. The number of nitrogens with one attached hydrogen (secondary N) is 1. The minimum absolute atomic E-state index is 0.255. The number of rotatable bonds is 7. The first-order chi connectivity index (χ1) is 8.40. The van der Waals surface area contributed by atoms with Crippen molar-refractivity contribution in [2.24, 2.45) is 0 Å². The van der Waals surface area contributed by atoms with Crippen molar-refractivity contribution in [1.82, 2.24) is 14.9 Å². The fraction of sp³-hybridized carbons (Fsp3) is 0.800. The van der Waals surface area contributed by atoms with Crippen LogP contribution in [-0.2, 0) is 6.54 Å². The highest BCUT2D eigenvalue weighted by Gasteiger charge is 2.06. The van der Waals surface area contributed by atoms with Crippen molar-refractivity contribution >= 4 is 0 Å². The number of unbranched alkanes of at least 4 members (excludes halogenated alkanes) is 3. The lowest BCUT2D eigenvalue weighted by molar-refractivity contribution is 0.414. The van der Waals surface area contributed by atoms with E-state index in [2.05, 4.69) is 49.5 Å². The van der Waals surface area contributed by atoms with Crippen LogP contribution in [0.25, 0.3) is 0 Å². The van der Waals surface area contributed by atoms with E-state index in [0.29, 0.717) is 0 Å². The second-order valence-electron chi connectivity index (χ2n) is 6.20. The maximum Gasteiger partial charge on any atom is 0.0951 e. The highest BCUT2D eigenvalue weighted by atomic mass is 15.0. The van der Waals surface area contributed by atoms with E-state index >= 15 is 0 Å². The Morgan fingerprint density at radius 1 is 1.11 bits per heavy atom. The van der Waals surface area contributed by atoms with Crippen LogP contribution in [0.2, 0.25) is 0 Å². The van der Waals surface area contributed by atoms with Crippen LogP contribution < -0.4 is 5.32 Å². The monoisotopic (exact) mass is 251 g/mol. The predicted octanol–water partition coefficient (Wildman–Crippen LogP) is 3.45. The molecule has 0 aliphatic rings. The zero-order valence-electron chi connectivity index (χ0n) is 12.7. The zero-order chi connectivity index (χ0) is 13.6. The van der Waals surface area contributed by atoms with Crippen LogP contribution in [0.1, 0.15) is 57.8 Å². The molecule has 18 heavy (non-hydrogen) atoms. The lowest BCUT2D eigenvalue weighted by Gasteiger charge is -2.20. The minimum atomic E-state index is 0.255. The largest absolute Gasteiger partial charge is 0.335 e. The Balaban J connectivity index is 2.04. The Bertz CT molecular complexity index is 347. The van der Waals surface area contributed by atoms with Crippen LogP contribution in [0.15, 0.2) is 6.33 Å². The first-order valence-corrected chi connectivity index (χ1v) is 7.13. The maximum absolute atomic E-state index is 4.32. The molecule has 0 amide bonds. The predicted molar refractivity (Wildman–Crippen MR) is 77.9 cm³/mol. The van der Waals surface area contributed by atoms with Crippen molar-refractivity contribution in [3.63, 3.8) is 0 Å². The SMILES string of the molecule is Cc1ncn(CCCCCCNC(C)(C)C)c1C. The maximum atomic E-state index is 4.32. The molecule has 0 unspecified atom stereocenters. The fourth-order valence-electron chi connectivity index (χ4n) is 1.99. The number of hydrogen-bond donors (Lipinski definition) is 1. The second kappa shape index (κ2) is 6.93. The van der Waals surface area contributed by atoms with E-state index in [4.69, 9.17) is 0 Å². The molecule has 1 aromatic rings. The van der Waals surface area contributed by atoms with E-state index in [1.807, 2.05) is 6.33 Å². The third-order valence-corrected chi connectivity index (χ3v) is 3.33. The molecule has 0 spiro atoms. The molecule has 0 saturated carbocycles. The third-order valence-electron chi connectivity index (χ3n) is 3.33. The summed E-state index contributed by atoms with van der Waals surface area (Å²) >= 11 is 0. The van der Waals surface area contributed by atoms with Crippen molar-refractivity contribution in [3.05, 3.63) is 17.7 Å². The van der Waals surface area contributed by atoms with Gasteiger partial charge in [0.05, 0.1) is 12.0 Å². The lowest BCUT2D eigenvalue weighted by Crippen LogP contribution is -2.36. The van der Waals surface area contributed by atoms with Gasteiger partial charge in [0.15, 0.2) is 0 Å².